The van der Waals surface area contributed by atoms with Crippen LogP contribution in [0.4, 0.5) is 11.4 Å². The van der Waals surface area contributed by atoms with Crippen LogP contribution in [-0.4, -0.2) is 48.4 Å². The molecule has 1 aromatic carbocycles. The number of piperazine rings is 1. The summed E-state index contributed by atoms with van der Waals surface area (Å²) in [5, 5.41) is 3.19. The standard InChI is InChI=1S/C23H32BrN3O/c1-26-6-8-27(9-7-26)20-4-2-19(3-5-20)25-21(28)15-22-11-17-10-18(12-22)14-23(24,13-17)16-22/h2-5,17-18H,6-16H2,1H3,(H,25,28). The number of rotatable bonds is 4. The molecule has 1 N–H and O–H groups in total. The molecule has 1 aliphatic heterocycles. The molecular formula is C23H32BrN3O. The van der Waals surface area contributed by atoms with Crippen LogP contribution in [0.15, 0.2) is 24.3 Å². The normalized spacial score (nSPS) is 37.3. The van der Waals surface area contributed by atoms with Gasteiger partial charge >= 0.3 is 0 Å². The van der Waals surface area contributed by atoms with Gasteiger partial charge in [0.2, 0.25) is 5.91 Å². The molecule has 0 radical (unpaired) electrons. The Kier molecular flexibility index (Phi) is 4.74. The van der Waals surface area contributed by atoms with Gasteiger partial charge < -0.3 is 15.1 Å². The highest BCUT2D eigenvalue weighted by molar-refractivity contribution is 9.10. The van der Waals surface area contributed by atoms with E-state index in [0.29, 0.717) is 10.7 Å². The molecule has 1 saturated heterocycles. The molecule has 4 aliphatic carbocycles. The van der Waals surface area contributed by atoms with E-state index in [4.69, 9.17) is 0 Å². The number of hydrogen-bond donors (Lipinski definition) is 1. The fourth-order valence-corrected chi connectivity index (χ4v) is 8.42. The Hall–Kier alpha value is -1.07. The molecule has 1 heterocycles. The molecule has 5 aliphatic rings. The van der Waals surface area contributed by atoms with E-state index in [2.05, 4.69) is 62.4 Å². The van der Waals surface area contributed by atoms with Gasteiger partial charge in [-0.15, -0.1) is 0 Å². The lowest BCUT2D eigenvalue weighted by Crippen LogP contribution is -2.53. The maximum atomic E-state index is 12.9. The molecule has 4 bridgehead atoms. The van der Waals surface area contributed by atoms with Crippen LogP contribution in [0.25, 0.3) is 0 Å². The molecule has 2 unspecified atom stereocenters. The van der Waals surface area contributed by atoms with Crippen molar-refractivity contribution in [2.75, 3.05) is 43.4 Å². The topological polar surface area (TPSA) is 35.6 Å². The molecule has 1 aromatic rings. The molecule has 28 heavy (non-hydrogen) atoms. The van der Waals surface area contributed by atoms with Gasteiger partial charge in [-0.05, 0) is 87.1 Å². The van der Waals surface area contributed by atoms with E-state index in [1.807, 2.05) is 0 Å². The minimum Gasteiger partial charge on any atom is -0.369 e. The molecule has 152 valence electrons. The number of likely N-dealkylation sites (N-methyl/N-ethyl adjacent to an activating group) is 1. The molecule has 4 saturated carbocycles. The number of carbonyl (C=O) groups excluding carboxylic acids is 1. The third kappa shape index (κ3) is 3.72. The minimum absolute atomic E-state index is 0.199. The zero-order valence-corrected chi connectivity index (χ0v) is 18.5. The van der Waals surface area contributed by atoms with Crippen LogP contribution in [-0.2, 0) is 4.79 Å². The van der Waals surface area contributed by atoms with Gasteiger partial charge in [0.05, 0.1) is 0 Å². The van der Waals surface area contributed by atoms with Crippen molar-refractivity contribution < 1.29 is 4.79 Å². The Morgan fingerprint density at radius 1 is 1.07 bits per heavy atom. The van der Waals surface area contributed by atoms with Crippen LogP contribution in [0.3, 0.4) is 0 Å². The largest absolute Gasteiger partial charge is 0.369 e. The Labute approximate surface area is 177 Å². The number of hydrogen-bond acceptors (Lipinski definition) is 3. The molecule has 6 rings (SSSR count). The Morgan fingerprint density at radius 3 is 2.32 bits per heavy atom. The van der Waals surface area contributed by atoms with Crippen LogP contribution in [0.5, 0.6) is 0 Å². The summed E-state index contributed by atoms with van der Waals surface area (Å²) in [6.07, 6.45) is 8.42. The number of nitrogens with one attached hydrogen (secondary N) is 1. The zero-order chi connectivity index (χ0) is 19.4. The van der Waals surface area contributed by atoms with Gasteiger partial charge in [0, 0.05) is 48.3 Å². The fraction of sp³-hybridized carbons (Fsp3) is 0.696. The molecule has 5 heteroatoms. The summed E-state index contributed by atoms with van der Waals surface area (Å²) in [7, 11) is 2.18. The van der Waals surface area contributed by atoms with Crippen molar-refractivity contribution >= 4 is 33.2 Å². The lowest BCUT2D eigenvalue weighted by Gasteiger charge is -2.60. The number of carbonyl (C=O) groups is 1. The Morgan fingerprint density at radius 2 is 1.71 bits per heavy atom. The van der Waals surface area contributed by atoms with Gasteiger partial charge in [0.15, 0.2) is 0 Å². The summed E-state index contributed by atoms with van der Waals surface area (Å²) in [6.45, 7) is 4.36. The van der Waals surface area contributed by atoms with E-state index in [1.54, 1.807) is 0 Å². The first kappa shape index (κ1) is 18.9. The van der Waals surface area contributed by atoms with Crippen molar-refractivity contribution in [2.24, 2.45) is 17.3 Å². The smallest absolute Gasteiger partial charge is 0.224 e. The van der Waals surface area contributed by atoms with Crippen LogP contribution in [0.2, 0.25) is 0 Å². The van der Waals surface area contributed by atoms with Crippen molar-refractivity contribution in [3.63, 3.8) is 0 Å². The first-order valence-electron chi connectivity index (χ1n) is 10.9. The van der Waals surface area contributed by atoms with Crippen LogP contribution in [0.1, 0.15) is 44.9 Å². The van der Waals surface area contributed by atoms with E-state index in [0.717, 1.165) is 43.7 Å². The van der Waals surface area contributed by atoms with Crippen LogP contribution < -0.4 is 10.2 Å². The Bertz CT molecular complexity index is 727. The summed E-state index contributed by atoms with van der Waals surface area (Å²) >= 11 is 4.06. The maximum Gasteiger partial charge on any atom is 0.224 e. The third-order valence-electron chi connectivity index (χ3n) is 7.67. The van der Waals surface area contributed by atoms with E-state index in [1.165, 1.54) is 44.2 Å². The predicted molar refractivity (Wildman–Crippen MR) is 118 cm³/mol. The SMILES string of the molecule is CN1CCN(c2ccc(NC(=O)CC34CC5CC(CC(Br)(C5)C3)C4)cc2)CC1. The van der Waals surface area contributed by atoms with Crippen LogP contribution >= 0.6 is 15.9 Å². The van der Waals surface area contributed by atoms with Crippen LogP contribution in [0, 0.1) is 17.3 Å². The summed E-state index contributed by atoms with van der Waals surface area (Å²) in [4.78, 5) is 17.7. The highest BCUT2D eigenvalue weighted by atomic mass is 79.9. The molecule has 4 nitrogen and oxygen atoms in total. The van der Waals surface area contributed by atoms with E-state index >= 15 is 0 Å². The number of benzene rings is 1. The second-order valence-electron chi connectivity index (χ2n) is 10.2. The van der Waals surface area contributed by atoms with Crippen molar-refractivity contribution in [3.8, 4) is 0 Å². The minimum atomic E-state index is 0.199. The second kappa shape index (κ2) is 7.02. The van der Waals surface area contributed by atoms with Gasteiger partial charge in [0.25, 0.3) is 0 Å². The van der Waals surface area contributed by atoms with Gasteiger partial charge in [-0.3, -0.25) is 4.79 Å². The van der Waals surface area contributed by atoms with Gasteiger partial charge in [0.1, 0.15) is 0 Å². The molecule has 0 aromatic heterocycles. The quantitative estimate of drug-likeness (QED) is 0.692. The number of nitrogens with zero attached hydrogens (tertiary/aromatic N) is 2. The third-order valence-corrected chi connectivity index (χ3v) is 8.59. The zero-order valence-electron chi connectivity index (χ0n) is 16.9. The second-order valence-corrected chi connectivity index (χ2v) is 11.9. The molecule has 1 amide bonds. The first-order chi connectivity index (χ1) is 13.4. The summed E-state index contributed by atoms with van der Waals surface area (Å²) < 4.78 is 0.321. The number of anilines is 2. The van der Waals surface area contributed by atoms with Crippen molar-refractivity contribution in [3.05, 3.63) is 24.3 Å². The number of alkyl halides is 1. The van der Waals surface area contributed by atoms with Crippen molar-refractivity contribution in [1.29, 1.82) is 0 Å². The van der Waals surface area contributed by atoms with Crippen molar-refractivity contribution in [1.82, 2.24) is 4.90 Å². The number of amides is 1. The lowest BCUT2D eigenvalue weighted by molar-refractivity contribution is -0.123. The molecular weight excluding hydrogens is 414 g/mol. The lowest BCUT2D eigenvalue weighted by atomic mass is 9.48. The van der Waals surface area contributed by atoms with E-state index in [-0.39, 0.29) is 11.3 Å². The van der Waals surface area contributed by atoms with Crippen molar-refractivity contribution in [2.45, 2.75) is 49.3 Å². The maximum absolute atomic E-state index is 12.9. The van der Waals surface area contributed by atoms with Gasteiger partial charge in [-0.2, -0.15) is 0 Å². The summed E-state index contributed by atoms with van der Waals surface area (Å²) in [5.74, 6) is 1.86. The average Bonchev–Trinajstić information content (AvgIpc) is 2.60. The Balaban J connectivity index is 1.20. The number of halogens is 1. The summed E-state index contributed by atoms with van der Waals surface area (Å²) in [5.41, 5.74) is 2.42. The predicted octanol–water partition coefficient (Wildman–Crippen LogP) is 4.50. The highest BCUT2D eigenvalue weighted by Gasteiger charge is 2.57. The van der Waals surface area contributed by atoms with E-state index in [9.17, 15) is 4.79 Å². The van der Waals surface area contributed by atoms with Gasteiger partial charge in [-0.1, -0.05) is 15.9 Å². The molecule has 2 atom stereocenters. The van der Waals surface area contributed by atoms with E-state index < -0.39 is 0 Å². The summed E-state index contributed by atoms with van der Waals surface area (Å²) in [6, 6.07) is 8.44. The fourth-order valence-electron chi connectivity index (χ4n) is 6.91. The monoisotopic (exact) mass is 445 g/mol. The van der Waals surface area contributed by atoms with Gasteiger partial charge in [-0.25, -0.2) is 0 Å². The molecule has 5 fully saturated rings. The highest BCUT2D eigenvalue weighted by Crippen LogP contribution is 2.65. The average molecular weight is 446 g/mol. The molecule has 0 spiro atoms. The first-order valence-corrected chi connectivity index (χ1v) is 11.7.